The van der Waals surface area contributed by atoms with Gasteiger partial charge in [0.05, 0.1) is 13.0 Å². The lowest BCUT2D eigenvalue weighted by molar-refractivity contribution is -0.143. The fourth-order valence-corrected chi connectivity index (χ4v) is 2.47. The van der Waals surface area contributed by atoms with Gasteiger partial charge in [0.15, 0.2) is 5.89 Å². The minimum atomic E-state index is -0.213. The summed E-state index contributed by atoms with van der Waals surface area (Å²) in [7, 11) is 0. The Morgan fingerprint density at radius 2 is 2.05 bits per heavy atom. The van der Waals surface area contributed by atoms with E-state index >= 15 is 0 Å². The number of oxazole rings is 1. The monoisotopic (exact) mass is 305 g/mol. The Morgan fingerprint density at radius 1 is 1.33 bits per heavy atom. The highest BCUT2D eigenvalue weighted by Crippen LogP contribution is 2.27. The molecule has 1 aromatic heterocycles. The number of thioether (sulfide) groups is 1. The number of carbonyl (C=O) groups is 1. The fourth-order valence-electron chi connectivity index (χ4n) is 2.06. The molecule has 0 fully saturated rings. The zero-order valence-electron chi connectivity index (χ0n) is 12.5. The predicted molar refractivity (Wildman–Crippen MR) is 83.4 cm³/mol. The molecule has 0 aliphatic heterocycles. The van der Waals surface area contributed by atoms with Gasteiger partial charge < -0.3 is 9.15 Å². The summed E-state index contributed by atoms with van der Waals surface area (Å²) in [6.45, 7) is 4.01. The minimum Gasteiger partial charge on any atom is -0.466 e. The molecule has 0 bridgehead atoms. The molecule has 0 saturated carbocycles. The maximum atomic E-state index is 11.5. The first kappa shape index (κ1) is 15.6. The Kier molecular flexibility index (Phi) is 5.44. The highest BCUT2D eigenvalue weighted by Gasteiger charge is 2.15. The fraction of sp³-hybridized carbons (Fsp3) is 0.375. The van der Waals surface area contributed by atoms with Crippen LogP contribution in [0.15, 0.2) is 33.6 Å². The number of aromatic nitrogens is 1. The van der Waals surface area contributed by atoms with E-state index in [0.717, 1.165) is 17.0 Å². The number of aryl methyl sites for hydroxylation is 2. The Hall–Kier alpha value is -1.75. The van der Waals surface area contributed by atoms with Gasteiger partial charge in [-0.05, 0) is 25.3 Å². The van der Waals surface area contributed by atoms with Gasteiger partial charge in [0, 0.05) is 23.8 Å². The van der Waals surface area contributed by atoms with Crippen molar-refractivity contribution < 1.29 is 13.9 Å². The molecule has 2 aromatic rings. The van der Waals surface area contributed by atoms with Crippen molar-refractivity contribution >= 4 is 17.7 Å². The summed E-state index contributed by atoms with van der Waals surface area (Å²) in [5.74, 6) is 1.13. The summed E-state index contributed by atoms with van der Waals surface area (Å²) < 4.78 is 10.6. The molecule has 0 radical (unpaired) electrons. The number of ether oxygens (including phenoxy) is 1. The van der Waals surface area contributed by atoms with Crippen LogP contribution in [0.5, 0.6) is 0 Å². The van der Waals surface area contributed by atoms with Gasteiger partial charge in [-0.1, -0.05) is 12.1 Å². The van der Waals surface area contributed by atoms with Gasteiger partial charge in [-0.15, -0.1) is 11.8 Å². The highest BCUT2D eigenvalue weighted by atomic mass is 32.2. The molecule has 1 aromatic carbocycles. The third kappa shape index (κ3) is 4.11. The van der Waals surface area contributed by atoms with Crippen LogP contribution in [0.1, 0.15) is 25.0 Å². The molecule has 0 spiro atoms. The van der Waals surface area contributed by atoms with Crippen molar-refractivity contribution in [2.45, 2.75) is 31.6 Å². The van der Waals surface area contributed by atoms with Crippen LogP contribution in [-0.4, -0.2) is 23.8 Å². The quantitative estimate of drug-likeness (QED) is 0.599. The molecule has 0 aliphatic carbocycles. The lowest BCUT2D eigenvalue weighted by Crippen LogP contribution is -2.05. The van der Waals surface area contributed by atoms with E-state index in [-0.39, 0.29) is 5.97 Å². The van der Waals surface area contributed by atoms with Crippen molar-refractivity contribution in [3.63, 3.8) is 0 Å². The van der Waals surface area contributed by atoms with Crippen molar-refractivity contribution in [1.82, 2.24) is 4.98 Å². The second-order valence-electron chi connectivity index (χ2n) is 4.54. The molecule has 0 aliphatic rings. The Balaban J connectivity index is 2.17. The zero-order chi connectivity index (χ0) is 15.2. The number of nitrogens with zero attached hydrogens (tertiary/aromatic N) is 1. The molecule has 0 amide bonds. The van der Waals surface area contributed by atoms with Crippen molar-refractivity contribution in [2.75, 3.05) is 12.9 Å². The molecule has 5 heteroatoms. The predicted octanol–water partition coefficient (Wildman–Crippen LogP) is 3.87. The van der Waals surface area contributed by atoms with E-state index in [9.17, 15) is 4.79 Å². The summed E-state index contributed by atoms with van der Waals surface area (Å²) in [5, 5.41) is 0. The molecule has 0 saturated heterocycles. The van der Waals surface area contributed by atoms with E-state index in [1.807, 2.05) is 25.3 Å². The SMILES string of the molecule is CCOC(=O)CCc1oc(C)nc1-c1ccc(SC)cc1. The first-order valence-electron chi connectivity index (χ1n) is 6.90. The van der Waals surface area contributed by atoms with Crippen LogP contribution in [0, 0.1) is 6.92 Å². The molecule has 0 atom stereocenters. The standard InChI is InChI=1S/C16H19NO3S/c1-4-19-15(18)10-9-14-16(17-11(2)20-14)12-5-7-13(21-3)8-6-12/h5-8H,4,9-10H2,1-3H3. The molecule has 2 rings (SSSR count). The van der Waals surface area contributed by atoms with Gasteiger partial charge in [0.25, 0.3) is 0 Å². The summed E-state index contributed by atoms with van der Waals surface area (Å²) in [4.78, 5) is 17.1. The van der Waals surface area contributed by atoms with Crippen molar-refractivity contribution in [1.29, 1.82) is 0 Å². The van der Waals surface area contributed by atoms with Crippen molar-refractivity contribution in [3.05, 3.63) is 35.9 Å². The number of esters is 1. The third-order valence-corrected chi connectivity index (χ3v) is 3.77. The molecular formula is C16H19NO3S. The normalized spacial score (nSPS) is 10.6. The largest absolute Gasteiger partial charge is 0.466 e. The lowest BCUT2D eigenvalue weighted by Gasteiger charge is -2.03. The van der Waals surface area contributed by atoms with Crippen LogP contribution in [-0.2, 0) is 16.0 Å². The smallest absolute Gasteiger partial charge is 0.306 e. The second-order valence-corrected chi connectivity index (χ2v) is 5.42. The maximum absolute atomic E-state index is 11.5. The molecule has 4 nitrogen and oxygen atoms in total. The number of hydrogen-bond donors (Lipinski definition) is 0. The van der Waals surface area contributed by atoms with Gasteiger partial charge in [0.2, 0.25) is 0 Å². The van der Waals surface area contributed by atoms with Crippen molar-refractivity contribution in [3.8, 4) is 11.3 Å². The van der Waals surface area contributed by atoms with Crippen LogP contribution in [0.2, 0.25) is 0 Å². The van der Waals surface area contributed by atoms with Gasteiger partial charge in [0.1, 0.15) is 11.5 Å². The van der Waals surface area contributed by atoms with Gasteiger partial charge in [-0.2, -0.15) is 0 Å². The Labute approximate surface area is 128 Å². The molecule has 0 unspecified atom stereocenters. The molecule has 0 N–H and O–H groups in total. The van der Waals surface area contributed by atoms with E-state index in [1.165, 1.54) is 4.90 Å². The van der Waals surface area contributed by atoms with Gasteiger partial charge in [-0.3, -0.25) is 4.79 Å². The van der Waals surface area contributed by atoms with E-state index in [4.69, 9.17) is 9.15 Å². The van der Waals surface area contributed by atoms with E-state index < -0.39 is 0 Å². The van der Waals surface area contributed by atoms with Crippen LogP contribution >= 0.6 is 11.8 Å². The average Bonchev–Trinajstić information content (AvgIpc) is 2.86. The van der Waals surface area contributed by atoms with E-state index in [1.54, 1.807) is 18.7 Å². The summed E-state index contributed by atoms with van der Waals surface area (Å²) in [5.41, 5.74) is 1.81. The Morgan fingerprint density at radius 3 is 2.67 bits per heavy atom. The van der Waals surface area contributed by atoms with Crippen LogP contribution in [0.4, 0.5) is 0 Å². The van der Waals surface area contributed by atoms with Crippen molar-refractivity contribution in [2.24, 2.45) is 0 Å². The second kappa shape index (κ2) is 7.31. The number of rotatable bonds is 6. The third-order valence-electron chi connectivity index (χ3n) is 3.03. The average molecular weight is 305 g/mol. The number of carbonyl (C=O) groups excluding carboxylic acids is 1. The Bertz CT molecular complexity index is 604. The summed E-state index contributed by atoms with van der Waals surface area (Å²) in [6, 6.07) is 8.16. The number of hydrogen-bond acceptors (Lipinski definition) is 5. The van der Waals surface area contributed by atoms with E-state index in [0.29, 0.717) is 25.3 Å². The van der Waals surface area contributed by atoms with Crippen LogP contribution in [0.25, 0.3) is 11.3 Å². The maximum Gasteiger partial charge on any atom is 0.306 e. The molecule has 21 heavy (non-hydrogen) atoms. The highest BCUT2D eigenvalue weighted by molar-refractivity contribution is 7.98. The minimum absolute atomic E-state index is 0.213. The summed E-state index contributed by atoms with van der Waals surface area (Å²) >= 11 is 1.70. The topological polar surface area (TPSA) is 52.3 Å². The van der Waals surface area contributed by atoms with Crippen LogP contribution in [0.3, 0.4) is 0 Å². The van der Waals surface area contributed by atoms with Crippen LogP contribution < -0.4 is 0 Å². The van der Waals surface area contributed by atoms with Gasteiger partial charge in [-0.25, -0.2) is 4.98 Å². The lowest BCUT2D eigenvalue weighted by atomic mass is 10.1. The first-order chi connectivity index (χ1) is 10.1. The van der Waals surface area contributed by atoms with E-state index in [2.05, 4.69) is 17.1 Å². The summed E-state index contributed by atoms with van der Waals surface area (Å²) in [6.07, 6.45) is 2.84. The van der Waals surface area contributed by atoms with Gasteiger partial charge >= 0.3 is 5.97 Å². The molecule has 1 heterocycles. The zero-order valence-corrected chi connectivity index (χ0v) is 13.3. The molecular weight excluding hydrogens is 286 g/mol. The molecule has 112 valence electrons. The number of benzene rings is 1. The first-order valence-corrected chi connectivity index (χ1v) is 8.13.